The van der Waals surface area contributed by atoms with Gasteiger partial charge in [-0.3, -0.25) is 0 Å². The lowest BCUT2D eigenvalue weighted by Crippen LogP contribution is -2.32. The molecule has 0 saturated heterocycles. The van der Waals surface area contributed by atoms with Crippen molar-refractivity contribution in [2.24, 2.45) is 0 Å². The summed E-state index contributed by atoms with van der Waals surface area (Å²) in [5, 5.41) is 5.18. The van der Waals surface area contributed by atoms with Gasteiger partial charge in [0.15, 0.2) is 0 Å². The highest BCUT2D eigenvalue weighted by Gasteiger charge is 2.31. The number of thiazole rings is 1. The standard InChI is InChI=1S/C15H17Br2NS/c1-11-3-5-13(6-4-11)15(9-16,10-17)7-14-18-12(2)8-19-14/h3-6,8H,7,9-10H2,1-2H3. The summed E-state index contributed by atoms with van der Waals surface area (Å²) in [5.74, 6) is 0. The van der Waals surface area contributed by atoms with Gasteiger partial charge in [0, 0.05) is 33.6 Å². The van der Waals surface area contributed by atoms with Crippen LogP contribution in [0, 0.1) is 13.8 Å². The van der Waals surface area contributed by atoms with Gasteiger partial charge in [0.05, 0.1) is 5.01 Å². The summed E-state index contributed by atoms with van der Waals surface area (Å²) in [7, 11) is 0. The maximum absolute atomic E-state index is 4.61. The highest BCUT2D eigenvalue weighted by Crippen LogP contribution is 2.33. The van der Waals surface area contributed by atoms with E-state index in [1.54, 1.807) is 11.3 Å². The van der Waals surface area contributed by atoms with Gasteiger partial charge < -0.3 is 0 Å². The van der Waals surface area contributed by atoms with Crippen LogP contribution in [0.2, 0.25) is 0 Å². The van der Waals surface area contributed by atoms with E-state index in [9.17, 15) is 0 Å². The Bertz CT molecular complexity index is 529. The van der Waals surface area contributed by atoms with Gasteiger partial charge in [-0.1, -0.05) is 61.7 Å². The monoisotopic (exact) mass is 401 g/mol. The van der Waals surface area contributed by atoms with Crippen LogP contribution in [0.25, 0.3) is 0 Å². The number of hydrogen-bond donors (Lipinski definition) is 0. The summed E-state index contributed by atoms with van der Waals surface area (Å²) in [6, 6.07) is 8.83. The first-order valence-electron chi connectivity index (χ1n) is 6.20. The van der Waals surface area contributed by atoms with Crippen molar-refractivity contribution >= 4 is 43.2 Å². The fraction of sp³-hybridized carbons (Fsp3) is 0.400. The third-order valence-corrected chi connectivity index (χ3v) is 6.45. The van der Waals surface area contributed by atoms with E-state index in [0.717, 1.165) is 22.8 Å². The Morgan fingerprint density at radius 2 is 1.74 bits per heavy atom. The van der Waals surface area contributed by atoms with Gasteiger partial charge in [0.2, 0.25) is 0 Å². The predicted octanol–water partition coefficient (Wildman–Crippen LogP) is 5.03. The van der Waals surface area contributed by atoms with Crippen LogP contribution in [-0.2, 0) is 11.8 Å². The summed E-state index contributed by atoms with van der Waals surface area (Å²) in [6.45, 7) is 4.17. The van der Waals surface area contributed by atoms with Crippen molar-refractivity contribution in [2.75, 3.05) is 10.7 Å². The second-order valence-electron chi connectivity index (χ2n) is 4.97. The van der Waals surface area contributed by atoms with Crippen molar-refractivity contribution in [2.45, 2.75) is 25.7 Å². The average Bonchev–Trinajstić information content (AvgIpc) is 2.82. The van der Waals surface area contributed by atoms with Crippen LogP contribution in [-0.4, -0.2) is 15.6 Å². The largest absolute Gasteiger partial charge is 0.247 e. The normalized spacial score (nSPS) is 11.8. The van der Waals surface area contributed by atoms with Gasteiger partial charge in [-0.2, -0.15) is 0 Å². The minimum absolute atomic E-state index is 0.0675. The Labute approximate surface area is 135 Å². The van der Waals surface area contributed by atoms with E-state index in [-0.39, 0.29) is 5.41 Å². The van der Waals surface area contributed by atoms with Crippen LogP contribution >= 0.6 is 43.2 Å². The fourth-order valence-corrected chi connectivity index (χ4v) is 4.96. The molecule has 0 fully saturated rings. The maximum Gasteiger partial charge on any atom is 0.0937 e. The van der Waals surface area contributed by atoms with Crippen molar-refractivity contribution in [1.82, 2.24) is 4.98 Å². The molecule has 2 rings (SSSR count). The molecule has 0 saturated carbocycles. The summed E-state index contributed by atoms with van der Waals surface area (Å²) < 4.78 is 0. The summed E-state index contributed by atoms with van der Waals surface area (Å²) in [6.07, 6.45) is 0.963. The van der Waals surface area contributed by atoms with Gasteiger partial charge >= 0.3 is 0 Å². The molecule has 0 spiro atoms. The van der Waals surface area contributed by atoms with Crippen LogP contribution in [0.1, 0.15) is 21.8 Å². The number of aromatic nitrogens is 1. The lowest BCUT2D eigenvalue weighted by molar-refractivity contribution is 0.549. The quantitative estimate of drug-likeness (QED) is 0.639. The molecule has 102 valence electrons. The van der Waals surface area contributed by atoms with Crippen molar-refractivity contribution < 1.29 is 0 Å². The molecule has 0 atom stereocenters. The van der Waals surface area contributed by atoms with Gasteiger partial charge in [-0.25, -0.2) is 4.98 Å². The number of benzene rings is 1. The molecule has 4 heteroatoms. The minimum Gasteiger partial charge on any atom is -0.247 e. The molecule has 0 N–H and O–H groups in total. The smallest absolute Gasteiger partial charge is 0.0937 e. The van der Waals surface area contributed by atoms with Crippen molar-refractivity contribution in [3.8, 4) is 0 Å². The number of halogens is 2. The molecular weight excluding hydrogens is 386 g/mol. The molecule has 2 aromatic rings. The van der Waals surface area contributed by atoms with Crippen LogP contribution in [0.5, 0.6) is 0 Å². The second kappa shape index (κ2) is 6.51. The Hall–Kier alpha value is -0.190. The van der Waals surface area contributed by atoms with Gasteiger partial charge in [0.1, 0.15) is 0 Å². The lowest BCUT2D eigenvalue weighted by Gasteiger charge is -2.30. The minimum atomic E-state index is 0.0675. The molecule has 0 unspecified atom stereocenters. The van der Waals surface area contributed by atoms with Gasteiger partial charge in [0.25, 0.3) is 0 Å². The van der Waals surface area contributed by atoms with E-state index in [4.69, 9.17) is 0 Å². The van der Waals surface area contributed by atoms with Gasteiger partial charge in [-0.05, 0) is 19.4 Å². The van der Waals surface area contributed by atoms with E-state index in [1.807, 2.05) is 0 Å². The Kier molecular flexibility index (Phi) is 5.21. The molecule has 1 aromatic carbocycles. The molecule has 1 heterocycles. The number of aryl methyl sites for hydroxylation is 2. The fourth-order valence-electron chi connectivity index (χ4n) is 2.07. The first-order chi connectivity index (χ1) is 9.09. The highest BCUT2D eigenvalue weighted by atomic mass is 79.9. The summed E-state index contributed by atoms with van der Waals surface area (Å²) >= 11 is 9.15. The Morgan fingerprint density at radius 1 is 1.11 bits per heavy atom. The topological polar surface area (TPSA) is 12.9 Å². The zero-order valence-electron chi connectivity index (χ0n) is 11.1. The van der Waals surface area contributed by atoms with Crippen LogP contribution in [0.4, 0.5) is 0 Å². The van der Waals surface area contributed by atoms with Crippen LogP contribution < -0.4 is 0 Å². The molecule has 0 aliphatic heterocycles. The predicted molar refractivity (Wildman–Crippen MR) is 91.0 cm³/mol. The van der Waals surface area contributed by atoms with Crippen LogP contribution in [0.15, 0.2) is 29.6 Å². The zero-order valence-corrected chi connectivity index (χ0v) is 15.1. The molecule has 1 nitrogen and oxygen atoms in total. The Morgan fingerprint density at radius 3 is 2.21 bits per heavy atom. The molecule has 19 heavy (non-hydrogen) atoms. The Balaban J connectivity index is 2.33. The van der Waals surface area contributed by atoms with E-state index in [1.165, 1.54) is 16.1 Å². The molecule has 0 amide bonds. The molecule has 0 aliphatic rings. The molecule has 1 aromatic heterocycles. The average molecular weight is 403 g/mol. The first-order valence-corrected chi connectivity index (χ1v) is 9.32. The van der Waals surface area contributed by atoms with E-state index >= 15 is 0 Å². The van der Waals surface area contributed by atoms with Crippen molar-refractivity contribution in [3.05, 3.63) is 51.5 Å². The third kappa shape index (κ3) is 3.47. The number of nitrogens with zero attached hydrogens (tertiary/aromatic N) is 1. The number of hydrogen-bond acceptors (Lipinski definition) is 2. The van der Waals surface area contributed by atoms with E-state index in [2.05, 4.69) is 80.3 Å². The van der Waals surface area contributed by atoms with Crippen molar-refractivity contribution in [3.63, 3.8) is 0 Å². The van der Waals surface area contributed by atoms with E-state index in [0.29, 0.717) is 0 Å². The summed E-state index contributed by atoms with van der Waals surface area (Å²) in [5.41, 5.74) is 3.84. The number of alkyl halides is 2. The van der Waals surface area contributed by atoms with Crippen molar-refractivity contribution in [1.29, 1.82) is 0 Å². The molecule has 0 aliphatic carbocycles. The maximum atomic E-state index is 4.61. The van der Waals surface area contributed by atoms with E-state index < -0.39 is 0 Å². The molecular formula is C15H17Br2NS. The lowest BCUT2D eigenvalue weighted by atomic mass is 9.81. The van der Waals surface area contributed by atoms with Crippen LogP contribution in [0.3, 0.4) is 0 Å². The molecule has 0 bridgehead atoms. The first kappa shape index (κ1) is 15.2. The second-order valence-corrected chi connectivity index (χ2v) is 7.04. The SMILES string of the molecule is Cc1ccc(C(CBr)(CBr)Cc2nc(C)cs2)cc1. The highest BCUT2D eigenvalue weighted by molar-refractivity contribution is 9.09. The van der Waals surface area contributed by atoms with Gasteiger partial charge in [-0.15, -0.1) is 11.3 Å². The third-order valence-electron chi connectivity index (χ3n) is 3.33. The summed E-state index contributed by atoms with van der Waals surface area (Å²) in [4.78, 5) is 4.61. The zero-order chi connectivity index (χ0) is 13.9. The molecule has 0 radical (unpaired) electrons. The number of rotatable bonds is 5.